The van der Waals surface area contributed by atoms with Crippen molar-refractivity contribution in [2.24, 2.45) is 5.73 Å². The van der Waals surface area contributed by atoms with E-state index in [0.717, 1.165) is 22.9 Å². The van der Waals surface area contributed by atoms with E-state index in [0.29, 0.717) is 6.54 Å². The lowest BCUT2D eigenvalue weighted by molar-refractivity contribution is -0.122. The Morgan fingerprint density at radius 2 is 2.06 bits per heavy atom. The van der Waals surface area contributed by atoms with E-state index in [1.807, 2.05) is 31.2 Å². The number of nitrogens with one attached hydrogen (secondary N) is 1. The second kappa shape index (κ2) is 6.66. The number of amides is 1. The molecule has 0 heterocycles. The molecule has 0 bridgehead atoms. The lowest BCUT2D eigenvalue weighted by atomic mass is 10.1. The second-order valence-electron chi connectivity index (χ2n) is 3.74. The maximum Gasteiger partial charge on any atom is 0.237 e. The monoisotopic (exact) mass is 284 g/mol. The molecule has 0 saturated heterocycles. The first-order valence-corrected chi connectivity index (χ1v) is 6.20. The van der Waals surface area contributed by atoms with E-state index >= 15 is 0 Å². The minimum absolute atomic E-state index is 0.0789. The topological polar surface area (TPSA) is 55.1 Å². The van der Waals surface area contributed by atoms with Crippen LogP contribution in [0.15, 0.2) is 28.7 Å². The quantitative estimate of drug-likeness (QED) is 0.871. The maximum absolute atomic E-state index is 11.5. The van der Waals surface area contributed by atoms with Crippen molar-refractivity contribution in [2.45, 2.75) is 32.4 Å². The highest BCUT2D eigenvalue weighted by atomic mass is 79.9. The molecule has 88 valence electrons. The average Bonchev–Trinajstić information content (AvgIpc) is 2.28. The normalized spacial score (nSPS) is 12.2. The third kappa shape index (κ3) is 4.33. The van der Waals surface area contributed by atoms with Gasteiger partial charge in [-0.3, -0.25) is 4.79 Å². The summed E-state index contributed by atoms with van der Waals surface area (Å²) in [4.78, 5) is 11.5. The van der Waals surface area contributed by atoms with E-state index in [-0.39, 0.29) is 11.9 Å². The number of rotatable bonds is 5. The third-order valence-electron chi connectivity index (χ3n) is 2.32. The molecule has 16 heavy (non-hydrogen) atoms. The van der Waals surface area contributed by atoms with Gasteiger partial charge in [-0.2, -0.15) is 0 Å². The van der Waals surface area contributed by atoms with E-state index in [4.69, 9.17) is 5.73 Å². The largest absolute Gasteiger partial charge is 0.351 e. The van der Waals surface area contributed by atoms with Crippen LogP contribution in [0.3, 0.4) is 0 Å². The first kappa shape index (κ1) is 13.2. The van der Waals surface area contributed by atoms with Crippen LogP contribution in [0.2, 0.25) is 0 Å². The average molecular weight is 285 g/mol. The standard InChI is InChI=1S/C12H17BrN2O/c1-2-3-11(14)12(16)15-8-9-4-6-10(13)7-5-9/h4-7,11H,2-3,8,14H2,1H3,(H,15,16)/t11-/m0/s1. The fourth-order valence-corrected chi connectivity index (χ4v) is 1.63. The summed E-state index contributed by atoms with van der Waals surface area (Å²) in [7, 11) is 0. The molecule has 0 aromatic heterocycles. The van der Waals surface area contributed by atoms with Gasteiger partial charge in [0.1, 0.15) is 0 Å². The van der Waals surface area contributed by atoms with Crippen LogP contribution < -0.4 is 11.1 Å². The predicted molar refractivity (Wildman–Crippen MR) is 68.9 cm³/mol. The summed E-state index contributed by atoms with van der Waals surface area (Å²) in [5.41, 5.74) is 6.77. The maximum atomic E-state index is 11.5. The van der Waals surface area contributed by atoms with Crippen molar-refractivity contribution in [3.63, 3.8) is 0 Å². The molecule has 4 heteroatoms. The summed E-state index contributed by atoms with van der Waals surface area (Å²) in [6, 6.07) is 7.45. The van der Waals surface area contributed by atoms with E-state index in [2.05, 4.69) is 21.2 Å². The van der Waals surface area contributed by atoms with Crippen molar-refractivity contribution in [3.8, 4) is 0 Å². The van der Waals surface area contributed by atoms with Crippen molar-refractivity contribution < 1.29 is 4.79 Å². The van der Waals surface area contributed by atoms with Gasteiger partial charge in [-0.1, -0.05) is 41.4 Å². The Morgan fingerprint density at radius 1 is 1.44 bits per heavy atom. The highest BCUT2D eigenvalue weighted by Gasteiger charge is 2.10. The minimum atomic E-state index is -0.388. The molecule has 0 spiro atoms. The highest BCUT2D eigenvalue weighted by Crippen LogP contribution is 2.10. The van der Waals surface area contributed by atoms with Gasteiger partial charge in [0.05, 0.1) is 6.04 Å². The lowest BCUT2D eigenvalue weighted by Gasteiger charge is -2.11. The third-order valence-corrected chi connectivity index (χ3v) is 2.85. The summed E-state index contributed by atoms with van der Waals surface area (Å²) in [6.45, 7) is 2.55. The van der Waals surface area contributed by atoms with Crippen LogP contribution in [0, 0.1) is 0 Å². The first-order chi connectivity index (χ1) is 7.63. The number of benzene rings is 1. The van der Waals surface area contributed by atoms with Crippen LogP contribution >= 0.6 is 15.9 Å². The Bertz CT molecular complexity index is 337. The molecular weight excluding hydrogens is 268 g/mol. The van der Waals surface area contributed by atoms with Gasteiger partial charge >= 0.3 is 0 Å². The molecule has 1 amide bonds. The summed E-state index contributed by atoms with van der Waals surface area (Å²) in [5.74, 6) is -0.0789. The molecule has 0 saturated carbocycles. The molecule has 1 rings (SSSR count). The number of nitrogens with two attached hydrogens (primary N) is 1. The fraction of sp³-hybridized carbons (Fsp3) is 0.417. The van der Waals surface area contributed by atoms with Crippen molar-refractivity contribution >= 4 is 21.8 Å². The van der Waals surface area contributed by atoms with Crippen molar-refractivity contribution in [1.82, 2.24) is 5.32 Å². The molecule has 0 radical (unpaired) electrons. The fourth-order valence-electron chi connectivity index (χ4n) is 1.36. The van der Waals surface area contributed by atoms with Crippen LogP contribution in [-0.4, -0.2) is 11.9 Å². The smallest absolute Gasteiger partial charge is 0.237 e. The molecular formula is C12H17BrN2O. The molecule has 0 fully saturated rings. The van der Waals surface area contributed by atoms with E-state index in [1.54, 1.807) is 0 Å². The Kier molecular flexibility index (Phi) is 5.49. The predicted octanol–water partition coefficient (Wildman–Crippen LogP) is 2.19. The Morgan fingerprint density at radius 3 is 2.62 bits per heavy atom. The minimum Gasteiger partial charge on any atom is -0.351 e. The van der Waals surface area contributed by atoms with Crippen LogP contribution in [0.1, 0.15) is 25.3 Å². The van der Waals surface area contributed by atoms with Crippen LogP contribution in [0.4, 0.5) is 0 Å². The zero-order chi connectivity index (χ0) is 12.0. The van der Waals surface area contributed by atoms with Gasteiger partial charge in [-0.25, -0.2) is 0 Å². The number of hydrogen-bond donors (Lipinski definition) is 2. The van der Waals surface area contributed by atoms with E-state index in [9.17, 15) is 4.79 Å². The molecule has 1 aromatic rings. The molecule has 0 aliphatic rings. The molecule has 3 N–H and O–H groups in total. The van der Waals surface area contributed by atoms with Crippen LogP contribution in [-0.2, 0) is 11.3 Å². The summed E-state index contributed by atoms with van der Waals surface area (Å²) in [6.07, 6.45) is 1.65. The van der Waals surface area contributed by atoms with Crippen LogP contribution in [0.5, 0.6) is 0 Å². The van der Waals surface area contributed by atoms with E-state index < -0.39 is 0 Å². The van der Waals surface area contributed by atoms with Gasteiger partial charge in [0.25, 0.3) is 0 Å². The molecule has 0 unspecified atom stereocenters. The first-order valence-electron chi connectivity index (χ1n) is 5.41. The summed E-state index contributed by atoms with van der Waals surface area (Å²) < 4.78 is 1.03. The highest BCUT2D eigenvalue weighted by molar-refractivity contribution is 9.10. The van der Waals surface area contributed by atoms with Crippen LogP contribution in [0.25, 0.3) is 0 Å². The Labute approximate surface area is 105 Å². The van der Waals surface area contributed by atoms with Gasteiger partial charge < -0.3 is 11.1 Å². The molecule has 0 aliphatic heterocycles. The number of hydrogen-bond acceptors (Lipinski definition) is 2. The lowest BCUT2D eigenvalue weighted by Crippen LogP contribution is -2.40. The Balaban J connectivity index is 2.39. The Hall–Kier alpha value is -0.870. The van der Waals surface area contributed by atoms with Gasteiger partial charge in [-0.05, 0) is 24.1 Å². The molecule has 3 nitrogen and oxygen atoms in total. The summed E-state index contributed by atoms with van der Waals surface area (Å²) >= 11 is 3.36. The van der Waals surface area contributed by atoms with Crippen molar-refractivity contribution in [1.29, 1.82) is 0 Å². The van der Waals surface area contributed by atoms with Gasteiger partial charge in [0.15, 0.2) is 0 Å². The zero-order valence-corrected chi connectivity index (χ0v) is 11.0. The molecule has 1 aromatic carbocycles. The van der Waals surface area contributed by atoms with Gasteiger partial charge in [0.2, 0.25) is 5.91 Å². The number of carbonyl (C=O) groups excluding carboxylic acids is 1. The number of carbonyl (C=O) groups is 1. The second-order valence-corrected chi connectivity index (χ2v) is 4.66. The molecule has 1 atom stereocenters. The van der Waals surface area contributed by atoms with Crippen molar-refractivity contribution in [2.75, 3.05) is 0 Å². The van der Waals surface area contributed by atoms with Gasteiger partial charge in [0, 0.05) is 11.0 Å². The zero-order valence-electron chi connectivity index (χ0n) is 9.37. The SMILES string of the molecule is CCC[C@H](N)C(=O)NCc1ccc(Br)cc1. The van der Waals surface area contributed by atoms with E-state index in [1.165, 1.54) is 0 Å². The van der Waals surface area contributed by atoms with Gasteiger partial charge in [-0.15, -0.1) is 0 Å². The number of halogens is 1. The summed E-state index contributed by atoms with van der Waals surface area (Å²) in [5, 5.41) is 2.82. The van der Waals surface area contributed by atoms with Crippen molar-refractivity contribution in [3.05, 3.63) is 34.3 Å². The molecule has 0 aliphatic carbocycles.